The first-order valence-corrected chi connectivity index (χ1v) is 17.1. The van der Waals surface area contributed by atoms with Crippen molar-refractivity contribution in [2.45, 2.75) is 71.3 Å². The van der Waals surface area contributed by atoms with Crippen LogP contribution in [0.15, 0.2) is 71.8 Å². The number of hydrogen-bond acceptors (Lipinski definition) is 9. The molecule has 284 valence electrons. The Bertz CT molecular complexity index is 1900. The quantitative estimate of drug-likeness (QED) is 0.128. The average Bonchev–Trinajstić information content (AvgIpc) is 3.09. The summed E-state index contributed by atoms with van der Waals surface area (Å²) in [5.74, 6) is 0.507. The van der Waals surface area contributed by atoms with Gasteiger partial charge < -0.3 is 24.9 Å². The lowest BCUT2D eigenvalue weighted by molar-refractivity contribution is -0.140. The summed E-state index contributed by atoms with van der Waals surface area (Å²) in [6, 6.07) is 13.3. The molecule has 2 N–H and O–H groups in total. The van der Waals surface area contributed by atoms with Gasteiger partial charge in [-0.25, -0.2) is 14.2 Å². The number of hydrogen-bond donors (Lipinski definition) is 2. The van der Waals surface area contributed by atoms with Crippen LogP contribution in [0.3, 0.4) is 0 Å². The molecule has 3 heterocycles. The van der Waals surface area contributed by atoms with E-state index in [4.69, 9.17) is 14.5 Å². The number of pyridine rings is 1. The fourth-order valence-electron chi connectivity index (χ4n) is 5.59. The molecule has 1 atom stereocenters. The zero-order valence-corrected chi connectivity index (χ0v) is 30.3. The standard InChI is InChI=1S/C29H38N6O4.C9H6F4O/c1-6-38-22-13-11-21(12-14-22)35-26(33-25-23(27(35)36)10-8-16-31-25)24(18-32-28(37)39-29(2,3)4)34(5)19-20-9-7-15-30-17-20;10-8-2-1-6(3-4-14)5-7(8)9(11,12)13/h7,9,11-15,17,24,31H,6,8,10,16,18-19H2,1-5H3,(H,32,37);1-2,4-5H,3H2. The highest BCUT2D eigenvalue weighted by Crippen LogP contribution is 2.32. The molecule has 2 aromatic heterocycles. The molecule has 53 heavy (non-hydrogen) atoms. The molecule has 0 spiro atoms. The van der Waals surface area contributed by atoms with E-state index in [0.717, 1.165) is 30.3 Å². The third kappa shape index (κ3) is 11.3. The molecule has 0 aliphatic carbocycles. The van der Waals surface area contributed by atoms with E-state index in [1.54, 1.807) is 17.0 Å². The topological polar surface area (TPSA) is 128 Å². The van der Waals surface area contributed by atoms with E-state index in [0.29, 0.717) is 60.9 Å². The van der Waals surface area contributed by atoms with Crippen molar-refractivity contribution in [2.75, 3.05) is 32.1 Å². The maximum absolute atomic E-state index is 14.0. The van der Waals surface area contributed by atoms with Gasteiger partial charge in [-0.2, -0.15) is 13.2 Å². The van der Waals surface area contributed by atoms with Gasteiger partial charge >= 0.3 is 12.3 Å². The Hall–Kier alpha value is -5.31. The summed E-state index contributed by atoms with van der Waals surface area (Å²) in [6.45, 7) is 9.38. The van der Waals surface area contributed by atoms with Crippen molar-refractivity contribution in [1.29, 1.82) is 0 Å². The molecule has 0 saturated carbocycles. The Labute approximate surface area is 305 Å². The predicted octanol–water partition coefficient (Wildman–Crippen LogP) is 6.67. The lowest BCUT2D eigenvalue weighted by Crippen LogP contribution is -2.42. The van der Waals surface area contributed by atoms with Gasteiger partial charge in [0.15, 0.2) is 0 Å². The maximum atomic E-state index is 14.0. The number of benzene rings is 2. The van der Waals surface area contributed by atoms with Gasteiger partial charge in [0.2, 0.25) is 0 Å². The number of aldehydes is 1. The van der Waals surface area contributed by atoms with E-state index < -0.39 is 35.3 Å². The Morgan fingerprint density at radius 3 is 2.47 bits per heavy atom. The number of carbonyl (C=O) groups is 2. The summed E-state index contributed by atoms with van der Waals surface area (Å²) in [4.78, 5) is 47.9. The van der Waals surface area contributed by atoms with Gasteiger partial charge in [0.1, 0.15) is 35.1 Å². The van der Waals surface area contributed by atoms with E-state index in [-0.39, 0.29) is 24.1 Å². The number of rotatable bonds is 11. The molecule has 0 bridgehead atoms. The van der Waals surface area contributed by atoms with Crippen LogP contribution in [0, 0.1) is 5.82 Å². The largest absolute Gasteiger partial charge is 0.494 e. The molecule has 1 unspecified atom stereocenters. The van der Waals surface area contributed by atoms with Crippen LogP contribution in [0.4, 0.5) is 28.2 Å². The number of halogens is 4. The number of fused-ring (bicyclic) bond motifs is 1. The lowest BCUT2D eigenvalue weighted by atomic mass is 10.1. The van der Waals surface area contributed by atoms with Crippen molar-refractivity contribution in [3.63, 3.8) is 0 Å². The number of amides is 1. The summed E-state index contributed by atoms with van der Waals surface area (Å²) in [5.41, 5.74) is 0.380. The van der Waals surface area contributed by atoms with Crippen molar-refractivity contribution in [1.82, 2.24) is 24.8 Å². The second-order valence-electron chi connectivity index (χ2n) is 13.3. The Morgan fingerprint density at radius 2 is 1.85 bits per heavy atom. The fraction of sp³-hybridized carbons (Fsp3) is 0.395. The number of ether oxygens (including phenoxy) is 2. The Kier molecular flexibility index (Phi) is 13.7. The van der Waals surface area contributed by atoms with E-state index in [9.17, 15) is 31.9 Å². The molecule has 5 rings (SSSR count). The van der Waals surface area contributed by atoms with Crippen LogP contribution in [-0.2, 0) is 35.1 Å². The summed E-state index contributed by atoms with van der Waals surface area (Å²) < 4.78 is 61.9. The number of nitrogens with zero attached hydrogens (tertiary/aromatic N) is 4. The summed E-state index contributed by atoms with van der Waals surface area (Å²) >= 11 is 0. The minimum Gasteiger partial charge on any atom is -0.494 e. The molecule has 0 fully saturated rings. The zero-order valence-electron chi connectivity index (χ0n) is 30.3. The van der Waals surface area contributed by atoms with E-state index in [1.165, 1.54) is 0 Å². The van der Waals surface area contributed by atoms with Gasteiger partial charge in [0.25, 0.3) is 5.56 Å². The van der Waals surface area contributed by atoms with E-state index in [2.05, 4.69) is 20.5 Å². The summed E-state index contributed by atoms with van der Waals surface area (Å²) in [6.07, 6.45) is 0.101. The molecule has 1 amide bonds. The molecular formula is C38H44F4N6O5. The first kappa shape index (κ1) is 40.5. The van der Waals surface area contributed by atoms with Crippen molar-refractivity contribution in [2.24, 2.45) is 0 Å². The Morgan fingerprint density at radius 1 is 1.11 bits per heavy atom. The average molecular weight is 741 g/mol. The van der Waals surface area contributed by atoms with Crippen LogP contribution >= 0.6 is 0 Å². The molecular weight excluding hydrogens is 696 g/mol. The van der Waals surface area contributed by atoms with Crippen LogP contribution < -0.4 is 20.9 Å². The molecule has 4 aromatic rings. The summed E-state index contributed by atoms with van der Waals surface area (Å²) in [7, 11) is 1.94. The SMILES string of the molecule is CCOc1ccc(-n2c(C(CNC(=O)OC(C)(C)C)N(C)Cc3cccnc3)nc3c(c2=O)CCCN3)cc1.O=CCc1ccc(F)c(C(F)(F)F)c1. The number of anilines is 1. The first-order valence-electron chi connectivity index (χ1n) is 17.1. The lowest BCUT2D eigenvalue weighted by Gasteiger charge is -2.31. The number of likely N-dealkylation sites (N-methyl/N-ethyl adjacent to an activating group) is 1. The number of alkyl halides is 3. The molecule has 1 aliphatic heterocycles. The second kappa shape index (κ2) is 17.9. The van der Waals surface area contributed by atoms with Crippen LogP contribution in [-0.4, -0.2) is 64.2 Å². The smallest absolute Gasteiger partial charge is 0.419 e. The Balaban J connectivity index is 0.000000376. The van der Waals surface area contributed by atoms with Crippen LogP contribution in [0.2, 0.25) is 0 Å². The second-order valence-corrected chi connectivity index (χ2v) is 13.3. The summed E-state index contributed by atoms with van der Waals surface area (Å²) in [5, 5.41) is 6.20. The van der Waals surface area contributed by atoms with Crippen LogP contribution in [0.1, 0.15) is 68.2 Å². The maximum Gasteiger partial charge on any atom is 0.419 e. The highest BCUT2D eigenvalue weighted by molar-refractivity contribution is 5.67. The number of alkyl carbamates (subject to hydrolysis) is 1. The molecule has 2 aromatic carbocycles. The van der Waals surface area contributed by atoms with E-state index >= 15 is 0 Å². The minimum atomic E-state index is -4.72. The number of aromatic nitrogens is 3. The van der Waals surface area contributed by atoms with Crippen molar-refractivity contribution < 1.29 is 36.6 Å². The molecule has 1 aliphatic rings. The highest BCUT2D eigenvalue weighted by Gasteiger charge is 2.34. The third-order valence-corrected chi connectivity index (χ3v) is 7.98. The third-order valence-electron chi connectivity index (χ3n) is 7.98. The molecule has 0 radical (unpaired) electrons. The monoisotopic (exact) mass is 740 g/mol. The van der Waals surface area contributed by atoms with Gasteiger partial charge in [-0.05, 0) is 101 Å². The first-order chi connectivity index (χ1) is 25.1. The normalized spacial score (nSPS) is 13.2. The van der Waals surface area contributed by atoms with Gasteiger partial charge in [0.05, 0.1) is 29.5 Å². The van der Waals surface area contributed by atoms with Gasteiger partial charge in [-0.1, -0.05) is 12.1 Å². The highest BCUT2D eigenvalue weighted by atomic mass is 19.4. The molecule has 11 nitrogen and oxygen atoms in total. The van der Waals surface area contributed by atoms with Crippen LogP contribution in [0.25, 0.3) is 5.69 Å². The zero-order chi connectivity index (χ0) is 38.8. The fourth-order valence-corrected chi connectivity index (χ4v) is 5.59. The van der Waals surface area contributed by atoms with Crippen molar-refractivity contribution in [3.05, 3.63) is 111 Å². The van der Waals surface area contributed by atoms with Crippen molar-refractivity contribution in [3.8, 4) is 11.4 Å². The predicted molar refractivity (Wildman–Crippen MR) is 192 cm³/mol. The minimum absolute atomic E-state index is 0.122. The number of carbonyl (C=O) groups excluding carboxylic acids is 2. The number of nitrogens with one attached hydrogen (secondary N) is 2. The molecule has 0 saturated heterocycles. The van der Waals surface area contributed by atoms with Gasteiger partial charge in [-0.15, -0.1) is 0 Å². The van der Waals surface area contributed by atoms with Crippen molar-refractivity contribution >= 4 is 18.2 Å². The van der Waals surface area contributed by atoms with Crippen LogP contribution in [0.5, 0.6) is 5.75 Å². The van der Waals surface area contributed by atoms with Gasteiger partial charge in [0, 0.05) is 38.4 Å². The molecule has 15 heteroatoms. The van der Waals surface area contributed by atoms with Gasteiger partial charge in [-0.3, -0.25) is 19.2 Å². The van der Waals surface area contributed by atoms with E-state index in [1.807, 2.05) is 71.1 Å².